The fourth-order valence-corrected chi connectivity index (χ4v) is 2.39. The molecule has 0 atom stereocenters. The average molecular weight is 432 g/mol. The Morgan fingerprint density at radius 2 is 1.84 bits per heavy atom. The normalized spacial score (nSPS) is 9.71. The van der Waals surface area contributed by atoms with Crippen LogP contribution in [0.4, 0.5) is 10.5 Å². The number of hydrogen-bond donors (Lipinski definition) is 4. The zero-order valence-electron chi connectivity index (χ0n) is 16.5. The first-order chi connectivity index (χ1) is 14.4. The van der Waals surface area contributed by atoms with Gasteiger partial charge in [-0.25, -0.2) is 4.79 Å². The van der Waals surface area contributed by atoms with Crippen molar-refractivity contribution in [2.75, 3.05) is 18.5 Å². The number of ether oxygens (including phenoxy) is 1. The van der Waals surface area contributed by atoms with Crippen molar-refractivity contribution >= 4 is 23.6 Å². The van der Waals surface area contributed by atoms with E-state index < -0.39 is 17.6 Å². The van der Waals surface area contributed by atoms with Crippen LogP contribution in [0.3, 0.4) is 0 Å². The van der Waals surface area contributed by atoms with Gasteiger partial charge < -0.3 is 30.9 Å². The molecule has 1 heterocycles. The molecular weight excluding hydrogens is 404 g/mol. The van der Waals surface area contributed by atoms with Crippen LogP contribution >= 0.6 is 0 Å². The van der Waals surface area contributed by atoms with Crippen LogP contribution in [0.5, 0.6) is 0 Å². The molecular formula is C20H28N6O5. The molecule has 0 spiro atoms. The summed E-state index contributed by atoms with van der Waals surface area (Å²) in [6.45, 7) is 1.71. The number of pyridine rings is 1. The third-order valence-electron chi connectivity index (χ3n) is 3.83. The molecule has 2 rings (SSSR count). The number of anilines is 1. The molecule has 1 aromatic heterocycles. The van der Waals surface area contributed by atoms with Gasteiger partial charge in [0.1, 0.15) is 25.4 Å². The second-order valence-corrected chi connectivity index (χ2v) is 6.17. The van der Waals surface area contributed by atoms with Crippen LogP contribution in [0.2, 0.25) is 0 Å². The number of carbonyl (C=O) groups is 2. The van der Waals surface area contributed by atoms with Gasteiger partial charge in [0.05, 0.1) is 6.54 Å². The van der Waals surface area contributed by atoms with Crippen LogP contribution in [-0.2, 0) is 27.5 Å². The van der Waals surface area contributed by atoms with Crippen molar-refractivity contribution in [2.24, 2.45) is 16.6 Å². The molecule has 0 bridgehead atoms. The average Bonchev–Trinajstić information content (AvgIpc) is 2.72. The van der Waals surface area contributed by atoms with Gasteiger partial charge in [-0.15, -0.1) is 0 Å². The number of aryl methyl sites for hydroxylation is 1. The van der Waals surface area contributed by atoms with E-state index in [0.717, 1.165) is 5.56 Å². The minimum Gasteiger partial charge on any atom is -0.444 e. The van der Waals surface area contributed by atoms with E-state index in [2.05, 4.69) is 15.8 Å². The van der Waals surface area contributed by atoms with E-state index in [1.165, 1.54) is 10.6 Å². The van der Waals surface area contributed by atoms with Crippen molar-refractivity contribution in [1.29, 1.82) is 0 Å². The van der Waals surface area contributed by atoms with E-state index in [-0.39, 0.29) is 45.4 Å². The maximum absolute atomic E-state index is 12.6. The highest BCUT2D eigenvalue weighted by atomic mass is 16.6. The van der Waals surface area contributed by atoms with Crippen LogP contribution in [0.1, 0.15) is 18.7 Å². The summed E-state index contributed by atoms with van der Waals surface area (Å²) in [5, 5.41) is 8.30. The molecule has 0 unspecified atom stereocenters. The summed E-state index contributed by atoms with van der Waals surface area (Å²) >= 11 is 0. The molecule has 0 saturated heterocycles. The predicted molar refractivity (Wildman–Crippen MR) is 117 cm³/mol. The fourth-order valence-electron chi connectivity index (χ4n) is 2.39. The largest absolute Gasteiger partial charge is 0.444 e. The first kappa shape index (κ1) is 25.0. The Labute approximate surface area is 180 Å². The summed E-state index contributed by atoms with van der Waals surface area (Å²) in [5.41, 5.74) is 11.0. The van der Waals surface area contributed by atoms with E-state index in [0.29, 0.717) is 5.69 Å². The smallest absolute Gasteiger partial charge is 0.412 e. The van der Waals surface area contributed by atoms with Crippen LogP contribution in [0.15, 0.2) is 52.4 Å². The van der Waals surface area contributed by atoms with Gasteiger partial charge in [-0.2, -0.15) is 0 Å². The zero-order chi connectivity index (χ0) is 21.9. The van der Waals surface area contributed by atoms with Crippen LogP contribution < -0.4 is 27.7 Å². The minimum atomic E-state index is -0.771. The SMILES string of the molecule is C.Cc1ccc(NC(=O)OCc2ccccc2)c(=O)n1CC(=O)NCCON=C(N)N. The van der Waals surface area contributed by atoms with E-state index in [4.69, 9.17) is 21.0 Å². The van der Waals surface area contributed by atoms with E-state index in [1.54, 1.807) is 13.0 Å². The van der Waals surface area contributed by atoms with Crippen molar-refractivity contribution < 1.29 is 19.2 Å². The monoisotopic (exact) mass is 432 g/mol. The van der Waals surface area contributed by atoms with Gasteiger partial charge >= 0.3 is 6.09 Å². The van der Waals surface area contributed by atoms with Crippen molar-refractivity contribution in [3.63, 3.8) is 0 Å². The number of oxime groups is 1. The Balaban J connectivity index is 0.00000480. The lowest BCUT2D eigenvalue weighted by molar-refractivity contribution is -0.122. The molecule has 1 aromatic carbocycles. The van der Waals surface area contributed by atoms with E-state index in [9.17, 15) is 14.4 Å². The van der Waals surface area contributed by atoms with Gasteiger partial charge in [-0.05, 0) is 29.8 Å². The number of nitrogens with two attached hydrogens (primary N) is 2. The Bertz CT molecular complexity index is 954. The molecule has 11 nitrogen and oxygen atoms in total. The molecule has 0 aliphatic carbocycles. The fraction of sp³-hybridized carbons (Fsp3) is 0.300. The summed E-state index contributed by atoms with van der Waals surface area (Å²) in [6, 6.07) is 12.2. The van der Waals surface area contributed by atoms with E-state index in [1.807, 2.05) is 30.3 Å². The number of nitrogens with one attached hydrogen (secondary N) is 2. The number of guanidine groups is 1. The maximum atomic E-state index is 12.6. The molecule has 0 radical (unpaired) electrons. The molecule has 0 fully saturated rings. The lowest BCUT2D eigenvalue weighted by Crippen LogP contribution is -2.36. The minimum absolute atomic E-state index is 0. The van der Waals surface area contributed by atoms with Gasteiger partial charge in [-0.1, -0.05) is 37.8 Å². The second kappa shape index (κ2) is 12.5. The molecule has 2 amide bonds. The molecule has 6 N–H and O–H groups in total. The van der Waals surface area contributed by atoms with E-state index >= 15 is 0 Å². The maximum Gasteiger partial charge on any atom is 0.412 e. The summed E-state index contributed by atoms with van der Waals surface area (Å²) in [6.07, 6.45) is -0.771. The molecule has 168 valence electrons. The molecule has 0 saturated carbocycles. The Kier molecular flexibility index (Phi) is 10.1. The quantitative estimate of drug-likeness (QED) is 0.198. The van der Waals surface area contributed by atoms with Crippen molar-refractivity contribution in [3.05, 3.63) is 64.1 Å². The number of rotatable bonds is 9. The lowest BCUT2D eigenvalue weighted by Gasteiger charge is -2.13. The topological polar surface area (TPSA) is 163 Å². The van der Waals surface area contributed by atoms with Gasteiger partial charge in [0.2, 0.25) is 11.9 Å². The molecule has 11 heteroatoms. The Hall–Kier alpha value is -4.02. The number of carbonyl (C=O) groups excluding carboxylic acids is 2. The van der Waals surface area contributed by atoms with Crippen molar-refractivity contribution in [2.45, 2.75) is 27.5 Å². The van der Waals surface area contributed by atoms with Crippen molar-refractivity contribution in [3.8, 4) is 0 Å². The van der Waals surface area contributed by atoms with Gasteiger partial charge in [0.15, 0.2) is 0 Å². The Morgan fingerprint density at radius 3 is 2.52 bits per heavy atom. The summed E-state index contributed by atoms with van der Waals surface area (Å²) in [5.74, 6) is -0.646. The van der Waals surface area contributed by atoms with Crippen LogP contribution in [0.25, 0.3) is 0 Å². The first-order valence-electron chi connectivity index (χ1n) is 9.02. The highest BCUT2D eigenvalue weighted by molar-refractivity contribution is 5.84. The summed E-state index contributed by atoms with van der Waals surface area (Å²) < 4.78 is 6.35. The lowest BCUT2D eigenvalue weighted by atomic mass is 10.2. The predicted octanol–water partition coefficient (Wildman–Crippen LogP) is 0.863. The van der Waals surface area contributed by atoms with Crippen LogP contribution in [0, 0.1) is 6.92 Å². The molecule has 0 aliphatic heterocycles. The van der Waals surface area contributed by atoms with Crippen molar-refractivity contribution in [1.82, 2.24) is 9.88 Å². The highest BCUT2D eigenvalue weighted by Crippen LogP contribution is 2.06. The number of amides is 2. The second-order valence-electron chi connectivity index (χ2n) is 6.17. The third kappa shape index (κ3) is 8.48. The first-order valence-corrected chi connectivity index (χ1v) is 9.02. The third-order valence-corrected chi connectivity index (χ3v) is 3.83. The zero-order valence-corrected chi connectivity index (χ0v) is 16.5. The standard InChI is InChI=1S/C19H24N6O5.CH4/c1-13-7-8-15(23-19(28)29-12-14-5-3-2-4-6-14)17(27)25(13)11-16(26)22-9-10-30-24-18(20)21;/h2-8H,9-12H2,1H3,(H,22,26)(H,23,28)(H4,20,21,24);1H4. The van der Waals surface area contributed by atoms with Gasteiger partial charge in [-0.3, -0.25) is 14.9 Å². The molecule has 31 heavy (non-hydrogen) atoms. The summed E-state index contributed by atoms with van der Waals surface area (Å²) in [7, 11) is 0. The van der Waals surface area contributed by atoms with Gasteiger partial charge in [0, 0.05) is 5.69 Å². The molecule has 2 aromatic rings. The number of aromatic nitrogens is 1. The molecule has 0 aliphatic rings. The van der Waals surface area contributed by atoms with Crippen LogP contribution in [-0.4, -0.2) is 35.7 Å². The number of hydrogen-bond acceptors (Lipinski definition) is 6. The summed E-state index contributed by atoms with van der Waals surface area (Å²) in [4.78, 5) is 41.5. The highest BCUT2D eigenvalue weighted by Gasteiger charge is 2.13. The number of benzene rings is 1. The number of nitrogens with zero attached hydrogens (tertiary/aromatic N) is 2. The Morgan fingerprint density at radius 1 is 1.13 bits per heavy atom. The van der Waals surface area contributed by atoms with Gasteiger partial charge in [0.25, 0.3) is 5.56 Å².